The summed E-state index contributed by atoms with van der Waals surface area (Å²) in [6.45, 7) is 1.03. The van der Waals surface area contributed by atoms with Gasteiger partial charge in [0.15, 0.2) is 10.9 Å². The first-order valence-electron chi connectivity index (χ1n) is 7.96. The third-order valence-electron chi connectivity index (χ3n) is 3.63. The molecule has 9 nitrogen and oxygen atoms in total. The van der Waals surface area contributed by atoms with Crippen molar-refractivity contribution in [3.63, 3.8) is 0 Å². The zero-order valence-electron chi connectivity index (χ0n) is 14.9. The van der Waals surface area contributed by atoms with Crippen LogP contribution in [0, 0.1) is 0 Å². The van der Waals surface area contributed by atoms with E-state index in [2.05, 4.69) is 19.7 Å². The molecule has 0 aromatic carbocycles. The number of hydrogen-bond acceptors (Lipinski definition) is 9. The number of ether oxygens (including phenoxy) is 1. The number of esters is 1. The van der Waals surface area contributed by atoms with Gasteiger partial charge in [-0.15, -0.1) is 5.06 Å². The Morgan fingerprint density at radius 3 is 2.71 bits per heavy atom. The molecule has 1 unspecified atom stereocenters. The smallest absolute Gasteiger partial charge is 0.468 e. The van der Waals surface area contributed by atoms with Crippen molar-refractivity contribution in [3.8, 4) is 0 Å². The number of hydroxylamine groups is 2. The molecule has 0 aliphatic carbocycles. The second kappa shape index (κ2) is 9.19. The lowest BCUT2D eigenvalue weighted by Gasteiger charge is -2.32. The highest BCUT2D eigenvalue weighted by atomic mass is 32.2. The number of rotatable bonds is 5. The van der Waals surface area contributed by atoms with Crippen molar-refractivity contribution in [3.05, 3.63) is 17.7 Å². The molecular weight excluding hydrogens is 405 g/mol. The zero-order valence-corrected chi connectivity index (χ0v) is 15.7. The summed E-state index contributed by atoms with van der Waals surface area (Å²) in [5.41, 5.74) is 0.501. The minimum absolute atomic E-state index is 0.0267. The van der Waals surface area contributed by atoms with Crippen LogP contribution in [0.1, 0.15) is 19.2 Å². The molecule has 1 aromatic rings. The van der Waals surface area contributed by atoms with E-state index in [1.807, 2.05) is 0 Å². The summed E-state index contributed by atoms with van der Waals surface area (Å²) < 4.78 is 43.1. The predicted octanol–water partition coefficient (Wildman–Crippen LogP) is 1.21. The number of piperidine rings is 1. The number of hydrogen-bond donors (Lipinski definition) is 0. The summed E-state index contributed by atoms with van der Waals surface area (Å²) in [6.07, 6.45) is -2.14. The SMILES string of the molecule is COC(=O)Cn1ncnc1/C=C1\CN(OC(=O)C(F)(F)F)CCC1SC(C)=O. The normalized spacial score (nSPS) is 19.5. The van der Waals surface area contributed by atoms with Crippen LogP contribution >= 0.6 is 11.8 Å². The third-order valence-corrected chi connectivity index (χ3v) is 4.79. The molecule has 1 aromatic heterocycles. The molecule has 0 bridgehead atoms. The second-order valence-electron chi connectivity index (χ2n) is 5.70. The Balaban J connectivity index is 2.23. The zero-order chi connectivity index (χ0) is 20.9. The standard InChI is InChI=1S/C15H17F3N4O5S/c1-9(23)28-11-3-4-21(27-14(25)15(16,17)18)6-10(11)5-12-19-8-20-22(12)7-13(24)26-2/h5,8,11H,3-4,6-7H2,1-2H3/b10-5+. The molecule has 1 fully saturated rings. The van der Waals surface area contributed by atoms with Gasteiger partial charge in [0.05, 0.1) is 13.7 Å². The van der Waals surface area contributed by atoms with Gasteiger partial charge in [0.2, 0.25) is 0 Å². The van der Waals surface area contributed by atoms with Gasteiger partial charge >= 0.3 is 18.1 Å². The van der Waals surface area contributed by atoms with Gasteiger partial charge in [0.1, 0.15) is 12.9 Å². The third kappa shape index (κ3) is 6.05. The fourth-order valence-corrected chi connectivity index (χ4v) is 3.33. The number of aromatic nitrogens is 3. The van der Waals surface area contributed by atoms with Gasteiger partial charge in [-0.2, -0.15) is 18.3 Å². The van der Waals surface area contributed by atoms with Crippen LogP contribution in [0.2, 0.25) is 0 Å². The predicted molar refractivity (Wildman–Crippen MR) is 90.4 cm³/mol. The molecule has 1 aliphatic heterocycles. The Morgan fingerprint density at radius 1 is 1.39 bits per heavy atom. The maximum absolute atomic E-state index is 12.4. The topological polar surface area (TPSA) is 104 Å². The van der Waals surface area contributed by atoms with Crippen molar-refractivity contribution in [1.82, 2.24) is 19.8 Å². The van der Waals surface area contributed by atoms with Gasteiger partial charge < -0.3 is 9.57 Å². The first kappa shape index (κ1) is 21.9. The molecule has 1 saturated heterocycles. The fraction of sp³-hybridized carbons (Fsp3) is 0.533. The van der Waals surface area contributed by atoms with Gasteiger partial charge in [-0.3, -0.25) is 9.59 Å². The van der Waals surface area contributed by atoms with Gasteiger partial charge in [-0.1, -0.05) is 11.8 Å². The van der Waals surface area contributed by atoms with Crippen molar-refractivity contribution in [1.29, 1.82) is 0 Å². The van der Waals surface area contributed by atoms with E-state index in [0.29, 0.717) is 5.57 Å². The monoisotopic (exact) mass is 422 g/mol. The van der Waals surface area contributed by atoms with E-state index in [-0.39, 0.29) is 42.2 Å². The Bertz CT molecular complexity index is 780. The van der Waals surface area contributed by atoms with Crippen LogP contribution in [0.25, 0.3) is 6.08 Å². The molecule has 0 saturated carbocycles. The largest absolute Gasteiger partial charge is 0.492 e. The quantitative estimate of drug-likeness (QED) is 0.648. The van der Waals surface area contributed by atoms with E-state index in [1.165, 1.54) is 31.1 Å². The van der Waals surface area contributed by atoms with Crippen molar-refractivity contribution >= 4 is 34.9 Å². The summed E-state index contributed by atoms with van der Waals surface area (Å²) >= 11 is 1.01. The summed E-state index contributed by atoms with van der Waals surface area (Å²) in [5.74, 6) is -2.64. The Hall–Kier alpha value is -2.41. The molecule has 0 N–H and O–H groups in total. The summed E-state index contributed by atoms with van der Waals surface area (Å²) in [6, 6.07) is 0. The van der Waals surface area contributed by atoms with Gasteiger partial charge in [-0.25, -0.2) is 14.5 Å². The molecule has 154 valence electrons. The molecule has 1 atom stereocenters. The minimum atomic E-state index is -5.12. The molecule has 0 amide bonds. The summed E-state index contributed by atoms with van der Waals surface area (Å²) in [4.78, 5) is 42.4. The second-order valence-corrected chi connectivity index (χ2v) is 7.08. The van der Waals surface area contributed by atoms with Crippen LogP contribution in [-0.2, 0) is 30.5 Å². The lowest BCUT2D eigenvalue weighted by molar-refractivity contribution is -0.238. The first-order chi connectivity index (χ1) is 13.1. The highest BCUT2D eigenvalue weighted by molar-refractivity contribution is 8.14. The Labute approximate surface area is 161 Å². The Kier molecular flexibility index (Phi) is 7.18. The van der Waals surface area contributed by atoms with Crippen molar-refractivity contribution < 1.29 is 37.1 Å². The van der Waals surface area contributed by atoms with Crippen molar-refractivity contribution in [2.45, 2.75) is 31.3 Å². The number of thioether (sulfide) groups is 1. The average Bonchev–Trinajstić information content (AvgIpc) is 3.02. The molecule has 2 rings (SSSR count). The van der Waals surface area contributed by atoms with Crippen molar-refractivity contribution in [2.24, 2.45) is 0 Å². The van der Waals surface area contributed by atoms with Crippen LogP contribution in [0.15, 0.2) is 11.9 Å². The minimum Gasteiger partial charge on any atom is -0.468 e. The molecule has 13 heteroatoms. The molecule has 2 heterocycles. The maximum atomic E-state index is 12.4. The molecule has 28 heavy (non-hydrogen) atoms. The van der Waals surface area contributed by atoms with E-state index in [9.17, 15) is 27.6 Å². The van der Waals surface area contributed by atoms with E-state index in [1.54, 1.807) is 0 Å². The van der Waals surface area contributed by atoms with Crippen LogP contribution in [0.4, 0.5) is 13.2 Å². The fourth-order valence-electron chi connectivity index (χ4n) is 2.41. The number of halogens is 3. The van der Waals surface area contributed by atoms with Crippen LogP contribution in [0.5, 0.6) is 0 Å². The average molecular weight is 422 g/mol. The van der Waals surface area contributed by atoms with E-state index < -0.39 is 18.1 Å². The Morgan fingerprint density at radius 2 is 2.11 bits per heavy atom. The van der Waals surface area contributed by atoms with Crippen LogP contribution in [0.3, 0.4) is 0 Å². The van der Waals surface area contributed by atoms with Crippen LogP contribution < -0.4 is 0 Å². The molecule has 1 aliphatic rings. The lowest BCUT2D eigenvalue weighted by Crippen LogP contribution is -2.41. The van der Waals surface area contributed by atoms with Gasteiger partial charge in [0, 0.05) is 18.7 Å². The van der Waals surface area contributed by atoms with E-state index >= 15 is 0 Å². The summed E-state index contributed by atoms with van der Waals surface area (Å²) in [7, 11) is 1.21. The van der Waals surface area contributed by atoms with Gasteiger partial charge in [0.25, 0.3) is 0 Å². The first-order valence-corrected chi connectivity index (χ1v) is 8.84. The number of carbonyl (C=O) groups is 3. The van der Waals surface area contributed by atoms with Gasteiger partial charge in [-0.05, 0) is 18.1 Å². The molecular formula is C15H17F3N4O5S. The molecule has 0 spiro atoms. The van der Waals surface area contributed by atoms with E-state index in [0.717, 1.165) is 16.8 Å². The maximum Gasteiger partial charge on any atom is 0.492 e. The number of nitrogens with zero attached hydrogens (tertiary/aromatic N) is 4. The number of methoxy groups -OCH3 is 1. The number of carbonyl (C=O) groups excluding carboxylic acids is 3. The van der Waals surface area contributed by atoms with Crippen LogP contribution in [-0.4, -0.2) is 68.5 Å². The molecule has 0 radical (unpaired) electrons. The highest BCUT2D eigenvalue weighted by Gasteiger charge is 2.43. The van der Waals surface area contributed by atoms with E-state index in [4.69, 9.17) is 0 Å². The summed E-state index contributed by atoms with van der Waals surface area (Å²) in [5, 5.41) is 4.25. The highest BCUT2D eigenvalue weighted by Crippen LogP contribution is 2.30. The number of alkyl halides is 3. The lowest BCUT2D eigenvalue weighted by atomic mass is 10.1. The van der Waals surface area contributed by atoms with Crippen molar-refractivity contribution in [2.75, 3.05) is 20.2 Å².